The zero-order valence-corrected chi connectivity index (χ0v) is 11.0. The van der Waals surface area contributed by atoms with Crippen LogP contribution in [0.4, 0.5) is 13.2 Å². The molecule has 2 amide bonds. The molecule has 0 aromatic carbocycles. The zero-order chi connectivity index (χ0) is 15.0. The van der Waals surface area contributed by atoms with Crippen LogP contribution >= 0.6 is 0 Å². The van der Waals surface area contributed by atoms with Crippen LogP contribution in [0.3, 0.4) is 0 Å². The van der Waals surface area contributed by atoms with Crippen LogP contribution in [0.15, 0.2) is 0 Å². The van der Waals surface area contributed by atoms with Crippen LogP contribution in [0.5, 0.6) is 0 Å². The van der Waals surface area contributed by atoms with Crippen LogP contribution in [0.1, 0.15) is 19.3 Å². The summed E-state index contributed by atoms with van der Waals surface area (Å²) < 4.78 is 39.8. The molecule has 0 aromatic heterocycles. The summed E-state index contributed by atoms with van der Waals surface area (Å²) >= 11 is 0. The first-order valence-electron chi connectivity index (χ1n) is 6.64. The number of piperidine rings is 1. The minimum atomic E-state index is -4.56. The molecule has 2 aliphatic rings. The van der Waals surface area contributed by atoms with E-state index in [2.05, 4.69) is 5.32 Å². The van der Waals surface area contributed by atoms with E-state index in [1.165, 1.54) is 4.90 Å². The van der Waals surface area contributed by atoms with Crippen molar-refractivity contribution in [3.8, 4) is 0 Å². The molecule has 2 saturated heterocycles. The molecule has 1 unspecified atom stereocenters. The summed E-state index contributed by atoms with van der Waals surface area (Å²) in [5.41, 5.74) is 2.86. The number of hydrogen-bond donors (Lipinski definition) is 2. The van der Waals surface area contributed by atoms with Crippen LogP contribution in [-0.4, -0.2) is 49.1 Å². The Bertz CT molecular complexity index is 397. The van der Waals surface area contributed by atoms with Gasteiger partial charge in [-0.05, 0) is 25.8 Å². The molecular formula is C12H18F3N3O2. The van der Waals surface area contributed by atoms with Gasteiger partial charge in [0.05, 0.1) is 0 Å². The smallest absolute Gasteiger partial charge is 0.369 e. The molecule has 20 heavy (non-hydrogen) atoms. The number of nitrogens with one attached hydrogen (secondary N) is 1. The molecule has 3 N–H and O–H groups in total. The van der Waals surface area contributed by atoms with Gasteiger partial charge in [-0.3, -0.25) is 9.59 Å². The minimum absolute atomic E-state index is 0.157. The van der Waals surface area contributed by atoms with Gasteiger partial charge in [-0.2, -0.15) is 13.2 Å². The predicted octanol–water partition coefficient (Wildman–Crippen LogP) is 0.252. The molecular weight excluding hydrogens is 275 g/mol. The zero-order valence-electron chi connectivity index (χ0n) is 11.0. The van der Waals surface area contributed by atoms with Crippen molar-refractivity contribution in [2.75, 3.05) is 26.2 Å². The summed E-state index contributed by atoms with van der Waals surface area (Å²) in [4.78, 5) is 24.6. The summed E-state index contributed by atoms with van der Waals surface area (Å²) in [6, 6.07) is 0. The molecule has 0 bridgehead atoms. The van der Waals surface area contributed by atoms with E-state index < -0.39 is 23.4 Å². The van der Waals surface area contributed by atoms with E-state index in [9.17, 15) is 22.8 Å². The highest BCUT2D eigenvalue weighted by Gasteiger charge is 2.62. The number of alkyl halides is 3. The Labute approximate surface area is 114 Å². The molecule has 2 aliphatic heterocycles. The molecule has 1 atom stereocenters. The molecule has 8 heteroatoms. The van der Waals surface area contributed by atoms with Crippen molar-refractivity contribution in [2.45, 2.75) is 25.4 Å². The third-order valence-electron chi connectivity index (χ3n) is 4.29. The minimum Gasteiger partial charge on any atom is -0.369 e. The number of carbonyl (C=O) groups is 2. The maximum absolute atomic E-state index is 13.3. The van der Waals surface area contributed by atoms with Crippen molar-refractivity contribution in [2.24, 2.45) is 17.1 Å². The van der Waals surface area contributed by atoms with E-state index in [0.29, 0.717) is 12.8 Å². The molecule has 0 spiro atoms. The van der Waals surface area contributed by atoms with Crippen LogP contribution in [0, 0.1) is 11.3 Å². The third kappa shape index (κ3) is 2.48. The maximum atomic E-state index is 13.3. The second kappa shape index (κ2) is 5.23. The summed E-state index contributed by atoms with van der Waals surface area (Å²) in [5.74, 6) is -1.68. The fourth-order valence-electron chi connectivity index (χ4n) is 2.91. The lowest BCUT2D eigenvalue weighted by atomic mass is 9.83. The summed E-state index contributed by atoms with van der Waals surface area (Å²) in [5, 5.41) is 2.63. The Kier molecular flexibility index (Phi) is 3.95. The first-order chi connectivity index (χ1) is 9.28. The van der Waals surface area contributed by atoms with Gasteiger partial charge >= 0.3 is 6.18 Å². The molecule has 0 aliphatic carbocycles. The topological polar surface area (TPSA) is 75.4 Å². The van der Waals surface area contributed by atoms with Gasteiger partial charge in [0.25, 0.3) is 0 Å². The van der Waals surface area contributed by atoms with Gasteiger partial charge in [0, 0.05) is 25.6 Å². The van der Waals surface area contributed by atoms with E-state index >= 15 is 0 Å². The van der Waals surface area contributed by atoms with Crippen LogP contribution in [0.2, 0.25) is 0 Å². The Morgan fingerprint density at radius 1 is 1.25 bits per heavy atom. The summed E-state index contributed by atoms with van der Waals surface area (Å²) in [6.07, 6.45) is -4.12. The van der Waals surface area contributed by atoms with Gasteiger partial charge in [-0.15, -0.1) is 0 Å². The van der Waals surface area contributed by atoms with Gasteiger partial charge in [-0.25, -0.2) is 0 Å². The molecule has 2 fully saturated rings. The lowest BCUT2D eigenvalue weighted by Crippen LogP contribution is -2.55. The number of nitrogens with two attached hydrogens (primary N) is 1. The molecule has 0 radical (unpaired) electrons. The SMILES string of the molecule is NC(=O)C1CCN(C(=O)C2(C(F)(F)F)CCNC2)CC1. The van der Waals surface area contributed by atoms with E-state index in [-0.39, 0.29) is 38.5 Å². The molecule has 0 saturated carbocycles. The van der Waals surface area contributed by atoms with Crippen LogP contribution in [-0.2, 0) is 9.59 Å². The largest absolute Gasteiger partial charge is 0.404 e. The Balaban J connectivity index is 2.09. The fraction of sp³-hybridized carbons (Fsp3) is 0.833. The number of halogens is 3. The Morgan fingerprint density at radius 3 is 2.25 bits per heavy atom. The lowest BCUT2D eigenvalue weighted by molar-refractivity contribution is -0.222. The molecule has 2 rings (SSSR count). The quantitative estimate of drug-likeness (QED) is 0.766. The third-order valence-corrected chi connectivity index (χ3v) is 4.29. The van der Waals surface area contributed by atoms with Gasteiger partial charge < -0.3 is 16.0 Å². The standard InChI is InChI=1S/C12H18F3N3O2/c13-12(14,15)11(3-4-17-7-11)10(20)18-5-1-8(2-6-18)9(16)19/h8,17H,1-7H2,(H2,16,19). The fourth-order valence-corrected chi connectivity index (χ4v) is 2.91. The highest BCUT2D eigenvalue weighted by atomic mass is 19.4. The second-order valence-corrected chi connectivity index (χ2v) is 5.48. The van der Waals surface area contributed by atoms with Crippen LogP contribution < -0.4 is 11.1 Å². The number of amides is 2. The number of likely N-dealkylation sites (tertiary alicyclic amines) is 1. The monoisotopic (exact) mass is 293 g/mol. The second-order valence-electron chi connectivity index (χ2n) is 5.48. The van der Waals surface area contributed by atoms with E-state index in [0.717, 1.165) is 0 Å². The lowest BCUT2D eigenvalue weighted by Gasteiger charge is -2.38. The van der Waals surface area contributed by atoms with E-state index in [1.54, 1.807) is 0 Å². The van der Waals surface area contributed by atoms with Gasteiger partial charge in [0.15, 0.2) is 5.41 Å². The normalized spacial score (nSPS) is 28.6. The summed E-state index contributed by atoms with van der Waals surface area (Å²) in [7, 11) is 0. The van der Waals surface area contributed by atoms with Crippen molar-refractivity contribution >= 4 is 11.8 Å². The van der Waals surface area contributed by atoms with Crippen molar-refractivity contribution in [1.82, 2.24) is 10.2 Å². The van der Waals surface area contributed by atoms with Gasteiger partial charge in [-0.1, -0.05) is 0 Å². The van der Waals surface area contributed by atoms with Crippen molar-refractivity contribution in [1.29, 1.82) is 0 Å². The molecule has 0 aromatic rings. The predicted molar refractivity (Wildman–Crippen MR) is 64.5 cm³/mol. The molecule has 5 nitrogen and oxygen atoms in total. The van der Waals surface area contributed by atoms with E-state index in [4.69, 9.17) is 5.73 Å². The number of rotatable bonds is 2. The highest BCUT2D eigenvalue weighted by molar-refractivity contribution is 5.85. The van der Waals surface area contributed by atoms with Crippen molar-refractivity contribution in [3.63, 3.8) is 0 Å². The molecule has 114 valence electrons. The highest BCUT2D eigenvalue weighted by Crippen LogP contribution is 2.44. The first-order valence-corrected chi connectivity index (χ1v) is 6.64. The maximum Gasteiger partial charge on any atom is 0.404 e. The average molecular weight is 293 g/mol. The first kappa shape index (κ1) is 15.1. The van der Waals surface area contributed by atoms with Gasteiger partial charge in [0.1, 0.15) is 0 Å². The number of nitrogens with zero attached hydrogens (tertiary/aromatic N) is 1. The Hall–Kier alpha value is -1.31. The average Bonchev–Trinajstić information content (AvgIpc) is 2.88. The number of carbonyl (C=O) groups excluding carboxylic acids is 2. The van der Waals surface area contributed by atoms with Crippen molar-refractivity contribution < 1.29 is 22.8 Å². The van der Waals surface area contributed by atoms with Crippen molar-refractivity contribution in [3.05, 3.63) is 0 Å². The molecule has 2 heterocycles. The van der Waals surface area contributed by atoms with Gasteiger partial charge in [0.2, 0.25) is 11.8 Å². The van der Waals surface area contributed by atoms with E-state index in [1.807, 2.05) is 0 Å². The Morgan fingerprint density at radius 2 is 1.85 bits per heavy atom. The number of primary amides is 1. The number of hydrogen-bond acceptors (Lipinski definition) is 3. The van der Waals surface area contributed by atoms with Crippen LogP contribution in [0.25, 0.3) is 0 Å². The summed E-state index contributed by atoms with van der Waals surface area (Å²) in [6.45, 7) is 0.128.